The molecule has 1 fully saturated rings. The van der Waals surface area contributed by atoms with Gasteiger partial charge in [-0.25, -0.2) is 10.0 Å². The van der Waals surface area contributed by atoms with E-state index in [1.54, 1.807) is 0 Å². The summed E-state index contributed by atoms with van der Waals surface area (Å²) in [5.41, 5.74) is 5.34. The van der Waals surface area contributed by atoms with Crippen molar-refractivity contribution in [2.75, 3.05) is 43.2 Å². The van der Waals surface area contributed by atoms with Crippen molar-refractivity contribution >= 4 is 17.5 Å². The van der Waals surface area contributed by atoms with E-state index in [4.69, 9.17) is 14.6 Å². The maximum Gasteiger partial charge on any atom is 0.229 e. The number of hydrogen-bond donors (Lipinski definition) is 1. The van der Waals surface area contributed by atoms with Crippen LogP contribution in [0.15, 0.2) is 48.7 Å². The highest BCUT2D eigenvalue weighted by molar-refractivity contribution is 5.61. The molecule has 2 aromatic carbocycles. The van der Waals surface area contributed by atoms with Gasteiger partial charge in [0, 0.05) is 30.4 Å². The molecule has 4 rings (SSSR count). The highest BCUT2D eigenvalue weighted by Crippen LogP contribution is 2.36. The lowest BCUT2D eigenvalue weighted by Gasteiger charge is -2.25. The van der Waals surface area contributed by atoms with Crippen LogP contribution in [0.25, 0.3) is 0 Å². The monoisotopic (exact) mass is 489 g/mol. The quantitative estimate of drug-likeness (QED) is 0.325. The molecule has 36 heavy (non-hydrogen) atoms. The summed E-state index contributed by atoms with van der Waals surface area (Å²) in [6, 6.07) is 14.8. The lowest BCUT2D eigenvalue weighted by molar-refractivity contribution is 0.156. The van der Waals surface area contributed by atoms with Crippen LogP contribution in [-0.4, -0.2) is 47.7 Å². The predicted molar refractivity (Wildman–Crippen MR) is 146 cm³/mol. The van der Waals surface area contributed by atoms with Crippen LogP contribution < -0.4 is 15.1 Å². The van der Waals surface area contributed by atoms with Gasteiger partial charge in [-0.2, -0.15) is 4.98 Å². The lowest BCUT2D eigenvalue weighted by Crippen LogP contribution is -2.25. The highest BCUT2D eigenvalue weighted by atomic mass is 16.7. The molecule has 2 heterocycles. The summed E-state index contributed by atoms with van der Waals surface area (Å²) >= 11 is 0. The topological polar surface area (TPSA) is 62.8 Å². The summed E-state index contributed by atoms with van der Waals surface area (Å²) in [4.78, 5) is 17.8. The van der Waals surface area contributed by atoms with Gasteiger partial charge in [-0.15, -0.1) is 0 Å². The molecule has 0 saturated carbocycles. The van der Waals surface area contributed by atoms with Gasteiger partial charge >= 0.3 is 0 Å². The molecule has 7 nitrogen and oxygen atoms in total. The van der Waals surface area contributed by atoms with Gasteiger partial charge in [0.15, 0.2) is 5.82 Å². The number of benzene rings is 2. The van der Waals surface area contributed by atoms with Crippen molar-refractivity contribution in [2.24, 2.45) is 0 Å². The minimum absolute atomic E-state index is 0.135. The lowest BCUT2D eigenvalue weighted by atomic mass is 10.0. The van der Waals surface area contributed by atoms with Crippen LogP contribution in [0.1, 0.15) is 55.0 Å². The van der Waals surface area contributed by atoms with Crippen LogP contribution in [0.3, 0.4) is 0 Å². The Morgan fingerprint density at radius 3 is 2.47 bits per heavy atom. The SMILES string of the molecule is CCN(CC)CCCOc1c(C)cc(Nc2ncc(C)c(N3OCCC3c3ccccc3)n2)cc1C. The maximum atomic E-state index is 6.16. The maximum absolute atomic E-state index is 6.16. The van der Waals surface area contributed by atoms with Gasteiger partial charge in [0.1, 0.15) is 5.75 Å². The molecule has 0 bridgehead atoms. The summed E-state index contributed by atoms with van der Waals surface area (Å²) in [6.07, 6.45) is 3.79. The Morgan fingerprint density at radius 1 is 1.06 bits per heavy atom. The summed E-state index contributed by atoms with van der Waals surface area (Å²) in [6.45, 7) is 15.2. The summed E-state index contributed by atoms with van der Waals surface area (Å²) in [5.74, 6) is 2.30. The first-order valence-electron chi connectivity index (χ1n) is 13.0. The van der Waals surface area contributed by atoms with Crippen LogP contribution in [0.4, 0.5) is 17.5 Å². The Morgan fingerprint density at radius 2 is 1.78 bits per heavy atom. The smallest absolute Gasteiger partial charge is 0.229 e. The number of hydrogen-bond acceptors (Lipinski definition) is 7. The summed E-state index contributed by atoms with van der Waals surface area (Å²) in [5, 5.41) is 5.32. The minimum atomic E-state index is 0.135. The first-order chi connectivity index (χ1) is 17.5. The molecule has 3 aromatic rings. The van der Waals surface area contributed by atoms with Gasteiger partial charge in [0.2, 0.25) is 5.95 Å². The third-order valence-corrected chi connectivity index (χ3v) is 6.72. The van der Waals surface area contributed by atoms with E-state index in [2.05, 4.69) is 79.3 Å². The van der Waals surface area contributed by atoms with Crippen LogP contribution in [0.5, 0.6) is 5.75 Å². The number of rotatable bonds is 11. The van der Waals surface area contributed by atoms with Gasteiger partial charge < -0.3 is 15.0 Å². The number of nitrogens with zero attached hydrogens (tertiary/aromatic N) is 4. The molecule has 1 saturated heterocycles. The van der Waals surface area contributed by atoms with Crippen molar-refractivity contribution in [3.63, 3.8) is 0 Å². The second-order valence-electron chi connectivity index (χ2n) is 9.37. The second kappa shape index (κ2) is 12.2. The van der Waals surface area contributed by atoms with E-state index in [0.717, 1.165) is 66.4 Å². The largest absolute Gasteiger partial charge is 0.493 e. The minimum Gasteiger partial charge on any atom is -0.493 e. The van der Waals surface area contributed by atoms with E-state index in [1.807, 2.05) is 24.3 Å². The van der Waals surface area contributed by atoms with Crippen molar-refractivity contribution in [3.05, 3.63) is 70.9 Å². The zero-order valence-electron chi connectivity index (χ0n) is 22.3. The van der Waals surface area contributed by atoms with Crippen LogP contribution in [0.2, 0.25) is 0 Å². The van der Waals surface area contributed by atoms with E-state index in [-0.39, 0.29) is 6.04 Å². The molecular weight excluding hydrogens is 450 g/mol. The van der Waals surface area contributed by atoms with Crippen molar-refractivity contribution in [1.82, 2.24) is 14.9 Å². The first kappa shape index (κ1) is 25.9. The Labute approximate surface area is 215 Å². The van der Waals surface area contributed by atoms with Gasteiger partial charge in [0.05, 0.1) is 19.3 Å². The number of aromatic nitrogens is 2. The van der Waals surface area contributed by atoms with E-state index >= 15 is 0 Å². The molecule has 0 amide bonds. The summed E-state index contributed by atoms with van der Waals surface area (Å²) in [7, 11) is 0. The van der Waals surface area contributed by atoms with Gasteiger partial charge in [0.25, 0.3) is 0 Å². The third kappa shape index (κ3) is 6.15. The molecule has 0 radical (unpaired) electrons. The van der Waals surface area contributed by atoms with Gasteiger partial charge in [-0.05, 0) is 69.1 Å². The van der Waals surface area contributed by atoms with E-state index in [0.29, 0.717) is 19.2 Å². The molecule has 1 aliphatic heterocycles. The highest BCUT2D eigenvalue weighted by Gasteiger charge is 2.30. The van der Waals surface area contributed by atoms with Gasteiger partial charge in [-0.1, -0.05) is 44.2 Å². The number of aryl methyl sites for hydroxylation is 3. The molecular formula is C29H39N5O2. The third-order valence-electron chi connectivity index (χ3n) is 6.72. The second-order valence-corrected chi connectivity index (χ2v) is 9.37. The van der Waals surface area contributed by atoms with Crippen LogP contribution in [0, 0.1) is 20.8 Å². The zero-order valence-corrected chi connectivity index (χ0v) is 22.3. The van der Waals surface area contributed by atoms with E-state index in [1.165, 1.54) is 5.56 Å². The average molecular weight is 490 g/mol. The van der Waals surface area contributed by atoms with Crippen molar-refractivity contribution in [3.8, 4) is 5.75 Å². The molecule has 1 aliphatic rings. The summed E-state index contributed by atoms with van der Waals surface area (Å²) < 4.78 is 6.16. The normalized spacial score (nSPS) is 15.5. The van der Waals surface area contributed by atoms with Crippen molar-refractivity contribution in [2.45, 2.75) is 53.5 Å². The predicted octanol–water partition coefficient (Wildman–Crippen LogP) is 6.14. The zero-order chi connectivity index (χ0) is 25.5. The van der Waals surface area contributed by atoms with E-state index in [9.17, 15) is 0 Å². The number of ether oxygens (including phenoxy) is 1. The Balaban J connectivity index is 1.46. The molecule has 1 unspecified atom stereocenters. The van der Waals surface area contributed by atoms with Crippen molar-refractivity contribution in [1.29, 1.82) is 0 Å². The Bertz CT molecular complexity index is 1110. The number of hydroxylamine groups is 1. The molecule has 0 spiro atoms. The molecule has 192 valence electrons. The molecule has 1 N–H and O–H groups in total. The molecule has 0 aliphatic carbocycles. The average Bonchev–Trinajstić information content (AvgIpc) is 3.37. The van der Waals surface area contributed by atoms with E-state index < -0.39 is 0 Å². The fourth-order valence-corrected chi connectivity index (χ4v) is 4.75. The Kier molecular flexibility index (Phi) is 8.78. The van der Waals surface area contributed by atoms with Crippen molar-refractivity contribution < 1.29 is 9.57 Å². The fourth-order valence-electron chi connectivity index (χ4n) is 4.75. The Hall–Kier alpha value is -3.16. The first-order valence-corrected chi connectivity index (χ1v) is 13.0. The van der Waals surface area contributed by atoms with Crippen LogP contribution in [-0.2, 0) is 4.84 Å². The number of nitrogens with one attached hydrogen (secondary N) is 1. The molecule has 1 atom stereocenters. The molecule has 7 heteroatoms. The fraction of sp³-hybridized carbons (Fsp3) is 0.448. The van der Waals surface area contributed by atoms with Crippen LogP contribution >= 0.6 is 0 Å². The number of anilines is 3. The molecule has 1 aromatic heterocycles. The van der Waals surface area contributed by atoms with Gasteiger partial charge in [-0.3, -0.25) is 4.84 Å². The standard InChI is InChI=1S/C29H39N5O2/c1-6-33(7-2)15-11-16-35-27-21(3)18-25(19-22(27)4)31-29-30-20-23(5)28(32-29)34-26(14-17-36-34)24-12-9-8-10-13-24/h8-10,12-13,18-20,26H,6-7,11,14-17H2,1-5H3,(H,30,31,32).